The van der Waals surface area contributed by atoms with E-state index in [4.69, 9.17) is 18.0 Å². The molecular formula is C13H26N2OS. The van der Waals surface area contributed by atoms with E-state index in [1.54, 1.807) is 0 Å². The zero-order valence-corrected chi connectivity index (χ0v) is 12.1. The third-order valence-electron chi connectivity index (χ3n) is 3.88. The van der Waals surface area contributed by atoms with E-state index in [2.05, 4.69) is 18.7 Å². The van der Waals surface area contributed by atoms with Crippen molar-refractivity contribution in [1.29, 1.82) is 0 Å². The summed E-state index contributed by atoms with van der Waals surface area (Å²) in [5, 5.41) is 10.0. The molecule has 3 N–H and O–H groups in total. The van der Waals surface area contributed by atoms with Crippen LogP contribution in [0.2, 0.25) is 0 Å². The number of rotatable bonds is 4. The van der Waals surface area contributed by atoms with Crippen LogP contribution in [0.3, 0.4) is 0 Å². The summed E-state index contributed by atoms with van der Waals surface area (Å²) in [6, 6.07) is 0. The summed E-state index contributed by atoms with van der Waals surface area (Å²) in [6.45, 7) is 9.20. The van der Waals surface area contributed by atoms with Gasteiger partial charge in [-0.15, -0.1) is 0 Å². The number of hydrogen-bond acceptors (Lipinski definition) is 3. The SMILES string of the molecule is CC1(O)CCCN(CCC(C)(C)C(N)=S)CC1. The maximum atomic E-state index is 10.0. The van der Waals surface area contributed by atoms with Crippen molar-refractivity contribution in [3.63, 3.8) is 0 Å². The number of nitrogens with zero attached hydrogens (tertiary/aromatic N) is 1. The van der Waals surface area contributed by atoms with E-state index in [1.807, 2.05) is 6.92 Å². The molecule has 3 nitrogen and oxygen atoms in total. The summed E-state index contributed by atoms with van der Waals surface area (Å²) in [6.07, 6.45) is 3.83. The van der Waals surface area contributed by atoms with Gasteiger partial charge in [-0.25, -0.2) is 0 Å². The lowest BCUT2D eigenvalue weighted by Gasteiger charge is -2.28. The Hall–Kier alpha value is -0.190. The van der Waals surface area contributed by atoms with Crippen molar-refractivity contribution >= 4 is 17.2 Å². The average Bonchev–Trinajstić information content (AvgIpc) is 2.36. The van der Waals surface area contributed by atoms with Crippen LogP contribution < -0.4 is 5.73 Å². The van der Waals surface area contributed by atoms with Gasteiger partial charge in [-0.3, -0.25) is 0 Å². The van der Waals surface area contributed by atoms with Gasteiger partial charge in [-0.2, -0.15) is 0 Å². The molecule has 1 saturated heterocycles. The maximum absolute atomic E-state index is 10.0. The first-order valence-corrected chi connectivity index (χ1v) is 6.88. The molecule has 1 aliphatic heterocycles. The molecule has 1 atom stereocenters. The zero-order valence-electron chi connectivity index (χ0n) is 11.3. The lowest BCUT2D eigenvalue weighted by molar-refractivity contribution is 0.0445. The van der Waals surface area contributed by atoms with E-state index in [0.29, 0.717) is 4.99 Å². The first-order chi connectivity index (χ1) is 7.73. The first kappa shape index (κ1) is 14.9. The van der Waals surface area contributed by atoms with Gasteiger partial charge in [0.1, 0.15) is 0 Å². The molecule has 100 valence electrons. The Morgan fingerprint density at radius 2 is 2.06 bits per heavy atom. The van der Waals surface area contributed by atoms with Crippen molar-refractivity contribution in [3.8, 4) is 0 Å². The van der Waals surface area contributed by atoms with Crippen LogP contribution in [0.15, 0.2) is 0 Å². The number of hydrogen-bond donors (Lipinski definition) is 2. The largest absolute Gasteiger partial charge is 0.393 e. The van der Waals surface area contributed by atoms with Crippen LogP contribution in [-0.2, 0) is 0 Å². The Kier molecular flexibility index (Phi) is 4.93. The average molecular weight is 258 g/mol. The van der Waals surface area contributed by atoms with Crippen molar-refractivity contribution in [1.82, 2.24) is 4.90 Å². The Morgan fingerprint density at radius 1 is 1.41 bits per heavy atom. The molecule has 1 heterocycles. The van der Waals surface area contributed by atoms with E-state index >= 15 is 0 Å². The molecule has 0 amide bonds. The van der Waals surface area contributed by atoms with Gasteiger partial charge < -0.3 is 15.7 Å². The highest BCUT2D eigenvalue weighted by Gasteiger charge is 2.27. The minimum atomic E-state index is -0.479. The van der Waals surface area contributed by atoms with Gasteiger partial charge in [-0.1, -0.05) is 26.1 Å². The second-order valence-electron chi connectivity index (χ2n) is 6.19. The molecule has 0 aromatic heterocycles. The Bertz CT molecular complexity index is 277. The highest BCUT2D eigenvalue weighted by atomic mass is 32.1. The fourth-order valence-corrected chi connectivity index (χ4v) is 2.21. The van der Waals surface area contributed by atoms with Gasteiger partial charge in [0, 0.05) is 12.0 Å². The molecule has 0 aromatic rings. The summed E-state index contributed by atoms with van der Waals surface area (Å²) in [4.78, 5) is 3.01. The molecular weight excluding hydrogens is 232 g/mol. The minimum Gasteiger partial charge on any atom is -0.393 e. The van der Waals surface area contributed by atoms with Crippen molar-refractivity contribution in [2.45, 2.75) is 52.1 Å². The van der Waals surface area contributed by atoms with E-state index in [9.17, 15) is 5.11 Å². The fourth-order valence-electron chi connectivity index (χ4n) is 2.10. The molecule has 0 bridgehead atoms. The van der Waals surface area contributed by atoms with Crippen LogP contribution in [-0.4, -0.2) is 40.2 Å². The molecule has 0 radical (unpaired) electrons. The van der Waals surface area contributed by atoms with Crippen molar-refractivity contribution in [2.75, 3.05) is 19.6 Å². The van der Waals surface area contributed by atoms with Crippen LogP contribution in [0.5, 0.6) is 0 Å². The monoisotopic (exact) mass is 258 g/mol. The van der Waals surface area contributed by atoms with Gasteiger partial charge in [0.05, 0.1) is 10.6 Å². The molecule has 1 rings (SSSR count). The van der Waals surface area contributed by atoms with Crippen molar-refractivity contribution < 1.29 is 5.11 Å². The highest BCUT2D eigenvalue weighted by Crippen LogP contribution is 2.24. The second-order valence-corrected chi connectivity index (χ2v) is 6.63. The van der Waals surface area contributed by atoms with Crippen LogP contribution in [0, 0.1) is 5.41 Å². The summed E-state index contributed by atoms with van der Waals surface area (Å²) in [5.74, 6) is 0. The van der Waals surface area contributed by atoms with Crippen LogP contribution in [0.1, 0.15) is 46.5 Å². The second kappa shape index (κ2) is 5.63. The van der Waals surface area contributed by atoms with Gasteiger partial charge >= 0.3 is 0 Å². The van der Waals surface area contributed by atoms with Gasteiger partial charge in [0.15, 0.2) is 0 Å². The van der Waals surface area contributed by atoms with Crippen LogP contribution in [0.4, 0.5) is 0 Å². The standard InChI is InChI=1S/C13H26N2OS/c1-12(2,11(14)17)6-9-15-8-4-5-13(3,16)7-10-15/h16H,4-10H2,1-3H3,(H2,14,17). The Labute approximate surface area is 110 Å². The van der Waals surface area contributed by atoms with Gasteiger partial charge in [0.25, 0.3) is 0 Å². The molecule has 0 spiro atoms. The van der Waals surface area contributed by atoms with Crippen LogP contribution in [0.25, 0.3) is 0 Å². The van der Waals surface area contributed by atoms with Gasteiger partial charge in [0.2, 0.25) is 0 Å². The first-order valence-electron chi connectivity index (χ1n) is 6.48. The smallest absolute Gasteiger partial charge is 0.0784 e. The molecule has 1 aliphatic rings. The summed E-state index contributed by atoms with van der Waals surface area (Å²) in [5.41, 5.74) is 5.19. The quantitative estimate of drug-likeness (QED) is 0.757. The summed E-state index contributed by atoms with van der Waals surface area (Å²) < 4.78 is 0. The van der Waals surface area contributed by atoms with Gasteiger partial charge in [-0.05, 0) is 45.7 Å². The number of aliphatic hydroxyl groups is 1. The fraction of sp³-hybridized carbons (Fsp3) is 0.923. The topological polar surface area (TPSA) is 49.5 Å². The molecule has 0 saturated carbocycles. The minimum absolute atomic E-state index is 0.0653. The summed E-state index contributed by atoms with van der Waals surface area (Å²) in [7, 11) is 0. The molecule has 0 aliphatic carbocycles. The summed E-state index contributed by atoms with van der Waals surface area (Å²) >= 11 is 5.08. The van der Waals surface area contributed by atoms with E-state index in [1.165, 1.54) is 0 Å². The molecule has 4 heteroatoms. The Morgan fingerprint density at radius 3 is 2.65 bits per heavy atom. The molecule has 1 unspecified atom stereocenters. The lowest BCUT2D eigenvalue weighted by Crippen LogP contribution is -2.36. The maximum Gasteiger partial charge on any atom is 0.0784 e. The molecule has 0 aromatic carbocycles. The zero-order chi connectivity index (χ0) is 13.1. The number of thiocarbonyl (C=S) groups is 1. The predicted molar refractivity (Wildman–Crippen MR) is 76.1 cm³/mol. The molecule has 1 fully saturated rings. The third kappa shape index (κ3) is 4.90. The van der Waals surface area contributed by atoms with E-state index < -0.39 is 5.60 Å². The Balaban J connectivity index is 2.40. The van der Waals surface area contributed by atoms with E-state index in [-0.39, 0.29) is 5.41 Å². The number of likely N-dealkylation sites (tertiary alicyclic amines) is 1. The number of nitrogens with two attached hydrogens (primary N) is 1. The molecule has 17 heavy (non-hydrogen) atoms. The van der Waals surface area contributed by atoms with E-state index in [0.717, 1.165) is 45.3 Å². The third-order valence-corrected chi connectivity index (χ3v) is 4.43. The highest BCUT2D eigenvalue weighted by molar-refractivity contribution is 7.80. The van der Waals surface area contributed by atoms with Crippen molar-refractivity contribution in [2.24, 2.45) is 11.1 Å². The normalized spacial score (nSPS) is 27.8. The van der Waals surface area contributed by atoms with Crippen molar-refractivity contribution in [3.05, 3.63) is 0 Å². The predicted octanol–water partition coefficient (Wildman–Crippen LogP) is 1.93. The lowest BCUT2D eigenvalue weighted by atomic mass is 9.89. The van der Waals surface area contributed by atoms with Crippen LogP contribution >= 0.6 is 12.2 Å².